The maximum absolute atomic E-state index is 14.1. The summed E-state index contributed by atoms with van der Waals surface area (Å²) in [4.78, 5) is 54.9. The summed E-state index contributed by atoms with van der Waals surface area (Å²) in [6.45, 7) is 2.91. The van der Waals surface area contributed by atoms with E-state index in [0.717, 1.165) is 17.2 Å². The predicted octanol–water partition coefficient (Wildman–Crippen LogP) is 0.645. The Labute approximate surface area is 278 Å². The Morgan fingerprint density at radius 1 is 1.09 bits per heavy atom. The quantitative estimate of drug-likeness (QED) is 0.178. The normalized spacial score (nSPS) is 20.6. The van der Waals surface area contributed by atoms with Crippen LogP contribution in [-0.2, 0) is 20.0 Å². The van der Waals surface area contributed by atoms with Gasteiger partial charge in [0.2, 0.25) is 17.7 Å². The van der Waals surface area contributed by atoms with Crippen LogP contribution in [0.1, 0.15) is 74.5 Å². The third kappa shape index (κ3) is 7.40. The van der Waals surface area contributed by atoms with Gasteiger partial charge in [-0.3, -0.25) is 19.2 Å². The van der Waals surface area contributed by atoms with Crippen molar-refractivity contribution in [3.63, 3.8) is 0 Å². The number of aromatic nitrogens is 3. The van der Waals surface area contributed by atoms with Crippen molar-refractivity contribution in [2.24, 2.45) is 11.5 Å². The lowest BCUT2D eigenvalue weighted by molar-refractivity contribution is -0.143. The summed E-state index contributed by atoms with van der Waals surface area (Å²) in [7, 11) is 0. The molecule has 1 saturated carbocycles. The fraction of sp³-hybridized carbons (Fsp3) is 0.500. The lowest BCUT2D eigenvalue weighted by atomic mass is 9.77. The van der Waals surface area contributed by atoms with Gasteiger partial charge in [-0.1, -0.05) is 54.8 Å². The number of hydrogen-bond acceptors (Lipinski definition) is 9. The molecule has 1 unspecified atom stereocenters. The molecule has 254 valence electrons. The Bertz CT molecular complexity index is 1620. The van der Waals surface area contributed by atoms with Crippen molar-refractivity contribution >= 4 is 46.8 Å². The molecule has 0 radical (unpaired) electrons. The second-order valence-electron chi connectivity index (χ2n) is 12.9. The van der Waals surface area contributed by atoms with E-state index in [1.54, 1.807) is 26.0 Å². The Morgan fingerprint density at radius 3 is 2.40 bits per heavy atom. The zero-order valence-corrected chi connectivity index (χ0v) is 27.3. The number of amides is 4. The van der Waals surface area contributed by atoms with Gasteiger partial charge in [0.1, 0.15) is 17.7 Å². The Morgan fingerprint density at radius 2 is 1.77 bits per heavy atom. The van der Waals surface area contributed by atoms with Crippen LogP contribution >= 0.6 is 12.4 Å². The molecule has 4 atom stereocenters. The van der Waals surface area contributed by atoms with E-state index < -0.39 is 59.0 Å². The maximum atomic E-state index is 14.1. The SMILES string of the molecule is CC(C)(O)c1cnnn1[C@H]1C[C@@H](C(=O)NC2(C(O)C(N)=O)CCCCC2)N(C(=O)[C@@H](CN)NC(=O)c2ccc3ccccc3c2)C1.Cl. The first-order valence-corrected chi connectivity index (χ1v) is 15.6. The molecule has 0 spiro atoms. The Balaban J connectivity index is 0.00000500. The molecule has 1 aromatic heterocycles. The van der Waals surface area contributed by atoms with Gasteiger partial charge in [-0.2, -0.15) is 0 Å². The molecular weight excluding hydrogens is 628 g/mol. The summed E-state index contributed by atoms with van der Waals surface area (Å²) in [6, 6.07) is 9.95. The molecule has 4 amide bonds. The number of likely N-dealkylation sites (tertiary alicyclic amines) is 1. The number of halogens is 1. The fourth-order valence-electron chi connectivity index (χ4n) is 6.68. The number of nitrogens with zero attached hydrogens (tertiary/aromatic N) is 4. The lowest BCUT2D eigenvalue weighted by Crippen LogP contribution is -2.64. The largest absolute Gasteiger partial charge is 0.384 e. The predicted molar refractivity (Wildman–Crippen MR) is 175 cm³/mol. The summed E-state index contributed by atoms with van der Waals surface area (Å²) in [5.74, 6) is -2.62. The highest BCUT2D eigenvalue weighted by Gasteiger charge is 2.49. The number of benzene rings is 2. The molecule has 8 N–H and O–H groups in total. The molecule has 14 nitrogen and oxygen atoms in total. The van der Waals surface area contributed by atoms with Crippen LogP contribution in [0.2, 0.25) is 0 Å². The van der Waals surface area contributed by atoms with Gasteiger partial charge in [-0.25, -0.2) is 4.68 Å². The number of rotatable bonds is 10. The molecule has 47 heavy (non-hydrogen) atoms. The van der Waals surface area contributed by atoms with Crippen molar-refractivity contribution < 1.29 is 29.4 Å². The van der Waals surface area contributed by atoms with Gasteiger partial charge in [0.15, 0.2) is 6.10 Å². The zero-order chi connectivity index (χ0) is 33.2. The summed E-state index contributed by atoms with van der Waals surface area (Å²) >= 11 is 0. The smallest absolute Gasteiger partial charge is 0.251 e. The summed E-state index contributed by atoms with van der Waals surface area (Å²) < 4.78 is 1.49. The van der Waals surface area contributed by atoms with E-state index in [9.17, 15) is 29.4 Å². The highest BCUT2D eigenvalue weighted by atomic mass is 35.5. The molecule has 5 rings (SSSR count). The van der Waals surface area contributed by atoms with Crippen molar-refractivity contribution in [1.29, 1.82) is 0 Å². The van der Waals surface area contributed by atoms with Crippen LogP contribution in [0.5, 0.6) is 0 Å². The molecule has 2 heterocycles. The molecule has 1 aliphatic carbocycles. The van der Waals surface area contributed by atoms with Gasteiger partial charge in [0.05, 0.1) is 23.5 Å². The number of primary amides is 1. The third-order valence-corrected chi connectivity index (χ3v) is 9.17. The van der Waals surface area contributed by atoms with Gasteiger partial charge in [-0.15, -0.1) is 17.5 Å². The van der Waals surface area contributed by atoms with Crippen molar-refractivity contribution in [3.05, 3.63) is 59.9 Å². The minimum atomic E-state index is -1.62. The topological polar surface area (TPSA) is 219 Å². The van der Waals surface area contributed by atoms with E-state index in [0.29, 0.717) is 36.9 Å². The highest BCUT2D eigenvalue weighted by molar-refractivity contribution is 6.01. The fourth-order valence-corrected chi connectivity index (χ4v) is 6.68. The van der Waals surface area contributed by atoms with Crippen LogP contribution in [0, 0.1) is 0 Å². The summed E-state index contributed by atoms with van der Waals surface area (Å²) in [5, 5.41) is 37.1. The van der Waals surface area contributed by atoms with Crippen LogP contribution in [-0.4, -0.2) is 90.6 Å². The molecule has 2 fully saturated rings. The van der Waals surface area contributed by atoms with E-state index in [1.807, 2.05) is 30.3 Å². The molecule has 15 heteroatoms. The number of carbonyl (C=O) groups excluding carboxylic acids is 4. The van der Waals surface area contributed by atoms with Crippen LogP contribution in [0.25, 0.3) is 10.8 Å². The lowest BCUT2D eigenvalue weighted by Gasteiger charge is -2.41. The average molecular weight is 671 g/mol. The highest BCUT2D eigenvalue weighted by Crippen LogP contribution is 2.35. The van der Waals surface area contributed by atoms with Crippen LogP contribution < -0.4 is 22.1 Å². The van der Waals surface area contributed by atoms with Crippen molar-refractivity contribution in [2.45, 2.75) is 87.7 Å². The Hall–Kier alpha value is -4.11. The minimum Gasteiger partial charge on any atom is -0.384 e. The molecule has 3 aromatic rings. The first-order valence-electron chi connectivity index (χ1n) is 15.6. The van der Waals surface area contributed by atoms with Gasteiger partial charge < -0.3 is 37.2 Å². The summed E-state index contributed by atoms with van der Waals surface area (Å²) in [6.07, 6.45) is 2.79. The molecule has 2 aliphatic rings. The molecular formula is C32H43ClN8O6. The van der Waals surface area contributed by atoms with Gasteiger partial charge in [0.25, 0.3) is 5.91 Å². The number of carbonyl (C=O) groups is 4. The van der Waals surface area contributed by atoms with Crippen LogP contribution in [0.15, 0.2) is 48.7 Å². The maximum Gasteiger partial charge on any atom is 0.251 e. The first-order chi connectivity index (χ1) is 21.8. The second kappa shape index (κ2) is 14.3. The van der Waals surface area contributed by atoms with Gasteiger partial charge >= 0.3 is 0 Å². The monoisotopic (exact) mass is 670 g/mol. The van der Waals surface area contributed by atoms with Gasteiger partial charge in [-0.05, 0) is 49.6 Å². The number of hydrogen-bond donors (Lipinski definition) is 6. The number of nitrogens with one attached hydrogen (secondary N) is 2. The number of aliphatic hydroxyl groups is 2. The average Bonchev–Trinajstić information content (AvgIpc) is 3.71. The number of aliphatic hydroxyl groups excluding tert-OH is 1. The third-order valence-electron chi connectivity index (χ3n) is 9.17. The van der Waals surface area contributed by atoms with E-state index in [4.69, 9.17) is 11.5 Å². The molecule has 1 aliphatic heterocycles. The standard InChI is InChI=1S/C32H42N8O6.ClH/c1-31(2,46)25-17-35-38-40(25)22-15-24(29(44)37-32(26(41)27(34)42)12-6-3-7-13-32)39(18-22)30(45)23(16-33)36-28(43)21-11-10-19-8-4-5-9-20(19)14-21;/h4-5,8-11,14,17,22-24,26,41,46H,3,6-7,12-13,15-16,18,33H2,1-2H3,(H2,34,42)(H,36,43)(H,37,44);1H/t22-,23+,24-,26?;/m0./s1. The van der Waals surface area contributed by atoms with Crippen LogP contribution in [0.4, 0.5) is 0 Å². The van der Waals surface area contributed by atoms with Gasteiger partial charge in [0, 0.05) is 25.1 Å². The number of fused-ring (bicyclic) bond motifs is 1. The number of nitrogens with two attached hydrogens (primary N) is 2. The zero-order valence-electron chi connectivity index (χ0n) is 26.5. The second-order valence-corrected chi connectivity index (χ2v) is 12.9. The van der Waals surface area contributed by atoms with Crippen molar-refractivity contribution in [2.75, 3.05) is 13.1 Å². The molecule has 1 saturated heterocycles. The minimum absolute atomic E-state index is 0. The summed E-state index contributed by atoms with van der Waals surface area (Å²) in [5.41, 5.74) is 9.64. The molecule has 2 aromatic carbocycles. The Kier molecular flexibility index (Phi) is 10.9. The van der Waals surface area contributed by atoms with E-state index in [2.05, 4.69) is 20.9 Å². The molecule has 0 bridgehead atoms. The van der Waals surface area contributed by atoms with E-state index in [-0.39, 0.29) is 31.9 Å². The van der Waals surface area contributed by atoms with Crippen LogP contribution in [0.3, 0.4) is 0 Å². The van der Waals surface area contributed by atoms with E-state index in [1.165, 1.54) is 15.8 Å². The first kappa shape index (κ1) is 35.7. The van der Waals surface area contributed by atoms with Crippen molar-refractivity contribution in [3.8, 4) is 0 Å². The van der Waals surface area contributed by atoms with E-state index >= 15 is 0 Å². The van der Waals surface area contributed by atoms with Crippen molar-refractivity contribution in [1.82, 2.24) is 30.5 Å².